The zero-order chi connectivity index (χ0) is 33.8. The summed E-state index contributed by atoms with van der Waals surface area (Å²) in [6, 6.07) is 23.6. The number of nitrogens with one attached hydrogen (secondary N) is 1. The van der Waals surface area contributed by atoms with Gasteiger partial charge in [-0.25, -0.2) is 9.88 Å². The van der Waals surface area contributed by atoms with Crippen LogP contribution in [0.5, 0.6) is 23.0 Å². The van der Waals surface area contributed by atoms with E-state index < -0.39 is 11.8 Å². The molecule has 1 N–H and O–H groups in total. The van der Waals surface area contributed by atoms with E-state index in [0.29, 0.717) is 60.1 Å². The molecule has 2 aliphatic rings. The number of nitrogens with zero attached hydrogens (tertiary/aromatic N) is 3. The molecule has 0 fully saturated rings. The van der Waals surface area contributed by atoms with Crippen molar-refractivity contribution in [3.8, 4) is 23.0 Å². The molecule has 6 aromatic rings. The monoisotopic (exact) mass is 690 g/mol. The molecule has 4 aromatic carbocycles. The molecule has 0 atom stereocenters. The van der Waals surface area contributed by atoms with Gasteiger partial charge in [0.25, 0.3) is 23.3 Å². The van der Waals surface area contributed by atoms with Crippen LogP contribution >= 0.6 is 22.9 Å². The third kappa shape index (κ3) is 5.36. The minimum absolute atomic E-state index is 0.0775. The molecule has 242 valence electrons. The minimum atomic E-state index is -0.478. The summed E-state index contributed by atoms with van der Waals surface area (Å²) in [4.78, 5) is 59.5. The van der Waals surface area contributed by atoms with Gasteiger partial charge in [-0.1, -0.05) is 29.8 Å². The average molecular weight is 691 g/mol. The summed E-state index contributed by atoms with van der Waals surface area (Å²) in [5.74, 6) is 0.516. The summed E-state index contributed by atoms with van der Waals surface area (Å²) in [6.07, 6.45) is 1.47. The van der Waals surface area contributed by atoms with E-state index in [4.69, 9.17) is 25.8 Å². The maximum atomic E-state index is 13.4. The Morgan fingerprint density at radius 2 is 1.67 bits per heavy atom. The van der Waals surface area contributed by atoms with Crippen molar-refractivity contribution in [1.29, 1.82) is 0 Å². The Morgan fingerprint density at radius 1 is 0.918 bits per heavy atom. The van der Waals surface area contributed by atoms with Crippen LogP contribution < -0.4 is 30.0 Å². The highest BCUT2D eigenvalue weighted by atomic mass is 35.5. The largest absolute Gasteiger partial charge is 0.457 e. The summed E-state index contributed by atoms with van der Waals surface area (Å²) in [5.41, 5.74) is 2.44. The van der Waals surface area contributed by atoms with Crippen molar-refractivity contribution in [2.24, 2.45) is 0 Å². The van der Waals surface area contributed by atoms with E-state index in [1.807, 2.05) is 18.2 Å². The molecule has 0 saturated heterocycles. The fraction of sp³-hybridized carbons (Fsp3) is 0.0833. The predicted molar refractivity (Wildman–Crippen MR) is 184 cm³/mol. The molecule has 2 aromatic heterocycles. The summed E-state index contributed by atoms with van der Waals surface area (Å²) >= 11 is 7.44. The van der Waals surface area contributed by atoms with Gasteiger partial charge in [0, 0.05) is 16.8 Å². The second-order valence-corrected chi connectivity index (χ2v) is 12.7. The van der Waals surface area contributed by atoms with Crippen LogP contribution in [-0.2, 0) is 6.54 Å². The highest BCUT2D eigenvalue weighted by molar-refractivity contribution is 7.20. The summed E-state index contributed by atoms with van der Waals surface area (Å²) in [7, 11) is 0. The SMILES string of the molecule is Cc1c(C(=O)Nc2ccc(Oc3ccc4c(c3)C(=O)N(c3ccc5c(c3)OCO5)C4=O)cc2)sc2ncn(Cc3ccccc3Cl)c(=O)c12. The first-order valence-corrected chi connectivity index (χ1v) is 16.2. The van der Waals surface area contributed by atoms with Crippen molar-refractivity contribution in [1.82, 2.24) is 9.55 Å². The fourth-order valence-corrected chi connectivity index (χ4v) is 7.00. The van der Waals surface area contributed by atoms with Crippen molar-refractivity contribution in [3.63, 3.8) is 0 Å². The summed E-state index contributed by atoms with van der Waals surface area (Å²) in [6.45, 7) is 2.07. The first-order chi connectivity index (χ1) is 23.7. The van der Waals surface area contributed by atoms with Crippen LogP contribution in [-0.4, -0.2) is 34.1 Å². The molecule has 8 rings (SSSR count). The van der Waals surface area contributed by atoms with Crippen LogP contribution in [0.15, 0.2) is 96.1 Å². The lowest BCUT2D eigenvalue weighted by molar-refractivity contribution is 0.0924. The standard InChI is InChI=1S/C36H23ClN4O7S/c1-19-30-33(38-17-40(36(30)45)16-20-4-2-3-5-27(20)37)49-31(19)32(42)39-21-6-9-23(10-7-21)48-24-11-12-25-26(15-24)35(44)41(34(25)43)22-8-13-28-29(14-22)47-18-46-28/h2-15,17H,16,18H2,1H3,(H,39,42). The molecular formula is C36H23ClN4O7S. The van der Waals surface area contributed by atoms with Crippen LogP contribution in [0.1, 0.15) is 41.5 Å². The van der Waals surface area contributed by atoms with E-state index >= 15 is 0 Å². The van der Waals surface area contributed by atoms with Crippen molar-refractivity contribution in [2.45, 2.75) is 13.5 Å². The number of anilines is 2. The highest BCUT2D eigenvalue weighted by Gasteiger charge is 2.37. The van der Waals surface area contributed by atoms with Crippen molar-refractivity contribution < 1.29 is 28.6 Å². The Labute approximate surface area is 286 Å². The number of carbonyl (C=O) groups is 3. The van der Waals surface area contributed by atoms with E-state index in [0.717, 1.165) is 21.8 Å². The molecule has 0 spiro atoms. The number of carbonyl (C=O) groups excluding carboxylic acids is 3. The first-order valence-electron chi connectivity index (χ1n) is 15.0. The normalized spacial score (nSPS) is 13.2. The fourth-order valence-electron chi connectivity index (χ4n) is 5.77. The van der Waals surface area contributed by atoms with Gasteiger partial charge in [-0.05, 0) is 78.7 Å². The topological polar surface area (TPSA) is 129 Å². The van der Waals surface area contributed by atoms with Crippen molar-refractivity contribution in [3.05, 3.63) is 134 Å². The summed E-state index contributed by atoms with van der Waals surface area (Å²) in [5, 5.41) is 3.81. The van der Waals surface area contributed by atoms with Gasteiger partial charge in [-0.3, -0.25) is 23.7 Å². The number of imide groups is 1. The van der Waals surface area contributed by atoms with Gasteiger partial charge in [0.15, 0.2) is 11.5 Å². The van der Waals surface area contributed by atoms with Crippen LogP contribution in [0.4, 0.5) is 11.4 Å². The predicted octanol–water partition coefficient (Wildman–Crippen LogP) is 7.04. The van der Waals surface area contributed by atoms with Gasteiger partial charge in [-0.15, -0.1) is 11.3 Å². The number of thiophene rings is 1. The number of hydrogen-bond acceptors (Lipinski definition) is 9. The van der Waals surface area contributed by atoms with Gasteiger partial charge < -0.3 is 19.5 Å². The Morgan fingerprint density at radius 3 is 2.49 bits per heavy atom. The second kappa shape index (κ2) is 11.9. The number of hydrogen-bond donors (Lipinski definition) is 1. The molecule has 0 bridgehead atoms. The lowest BCUT2D eigenvalue weighted by atomic mass is 10.1. The number of halogens is 1. The number of ether oxygens (including phenoxy) is 3. The van der Waals surface area contributed by atoms with Crippen LogP contribution in [0, 0.1) is 6.92 Å². The van der Waals surface area contributed by atoms with E-state index in [2.05, 4.69) is 10.3 Å². The van der Waals surface area contributed by atoms with Crippen LogP contribution in [0.3, 0.4) is 0 Å². The third-order valence-electron chi connectivity index (χ3n) is 8.24. The maximum Gasteiger partial charge on any atom is 0.266 e. The highest BCUT2D eigenvalue weighted by Crippen LogP contribution is 2.39. The summed E-state index contributed by atoms with van der Waals surface area (Å²) < 4.78 is 18.2. The average Bonchev–Trinajstić information content (AvgIpc) is 3.78. The minimum Gasteiger partial charge on any atom is -0.457 e. The van der Waals surface area contributed by atoms with Crippen LogP contribution in [0.25, 0.3) is 10.2 Å². The molecule has 4 heterocycles. The molecule has 0 radical (unpaired) electrons. The first kappa shape index (κ1) is 30.4. The molecule has 0 aliphatic carbocycles. The Bertz CT molecular complexity index is 2420. The van der Waals surface area contributed by atoms with Crippen molar-refractivity contribution >= 4 is 62.3 Å². The maximum absolute atomic E-state index is 13.4. The van der Waals surface area contributed by atoms with E-state index in [1.165, 1.54) is 17.0 Å². The van der Waals surface area contributed by atoms with Gasteiger partial charge in [0.05, 0.1) is 39.9 Å². The number of benzene rings is 4. The molecule has 3 amide bonds. The molecule has 13 heteroatoms. The molecule has 0 unspecified atom stereocenters. The third-order valence-corrected chi connectivity index (χ3v) is 9.81. The molecule has 0 saturated carbocycles. The Kier molecular flexibility index (Phi) is 7.38. The smallest absolute Gasteiger partial charge is 0.266 e. The second-order valence-electron chi connectivity index (χ2n) is 11.3. The molecular weight excluding hydrogens is 668 g/mol. The van der Waals surface area contributed by atoms with Crippen LogP contribution in [0.2, 0.25) is 5.02 Å². The number of rotatable bonds is 7. The van der Waals surface area contributed by atoms with E-state index in [9.17, 15) is 19.2 Å². The zero-order valence-corrected chi connectivity index (χ0v) is 27.1. The number of fused-ring (bicyclic) bond motifs is 3. The molecule has 2 aliphatic heterocycles. The lowest BCUT2D eigenvalue weighted by Crippen LogP contribution is -2.29. The van der Waals surface area contributed by atoms with E-state index in [1.54, 1.807) is 67.6 Å². The molecule has 49 heavy (non-hydrogen) atoms. The zero-order valence-electron chi connectivity index (χ0n) is 25.6. The molecule has 11 nitrogen and oxygen atoms in total. The van der Waals surface area contributed by atoms with E-state index in [-0.39, 0.29) is 35.9 Å². The Balaban J connectivity index is 0.961. The Hall–Kier alpha value is -5.98. The van der Waals surface area contributed by atoms with Gasteiger partial charge in [-0.2, -0.15) is 0 Å². The van der Waals surface area contributed by atoms with Crippen molar-refractivity contribution in [2.75, 3.05) is 17.0 Å². The quantitative estimate of drug-likeness (QED) is 0.177. The number of amides is 3. The van der Waals surface area contributed by atoms with Gasteiger partial charge in [0.1, 0.15) is 16.3 Å². The van der Waals surface area contributed by atoms with Gasteiger partial charge >= 0.3 is 0 Å². The lowest BCUT2D eigenvalue weighted by Gasteiger charge is -2.14. The number of aryl methyl sites for hydroxylation is 1. The van der Waals surface area contributed by atoms with Gasteiger partial charge in [0.2, 0.25) is 6.79 Å². The number of aromatic nitrogens is 2.